The van der Waals surface area contributed by atoms with E-state index in [0.29, 0.717) is 6.04 Å². The fourth-order valence-corrected chi connectivity index (χ4v) is 2.85. The molecule has 1 fully saturated rings. The Balaban J connectivity index is 1.94. The highest BCUT2D eigenvalue weighted by Gasteiger charge is 2.18. The Labute approximate surface area is 116 Å². The molecule has 0 radical (unpaired) electrons. The van der Waals surface area contributed by atoms with E-state index in [1.165, 1.54) is 31.2 Å². The van der Waals surface area contributed by atoms with Gasteiger partial charge < -0.3 is 14.8 Å². The first-order valence-electron chi connectivity index (χ1n) is 7.16. The molecule has 0 saturated heterocycles. The molecule has 2 unspecified atom stereocenters. The van der Waals surface area contributed by atoms with Crippen molar-refractivity contribution in [2.24, 2.45) is 5.92 Å². The monoisotopic (exact) mass is 263 g/mol. The lowest BCUT2D eigenvalue weighted by molar-refractivity contribution is 0.300. The van der Waals surface area contributed by atoms with Crippen molar-refractivity contribution in [2.45, 2.75) is 45.2 Å². The summed E-state index contributed by atoms with van der Waals surface area (Å²) in [4.78, 5) is 0. The van der Waals surface area contributed by atoms with Crippen LogP contribution in [0, 0.1) is 5.92 Å². The van der Waals surface area contributed by atoms with Gasteiger partial charge in [-0.1, -0.05) is 19.8 Å². The number of hydrogen-bond donors (Lipinski definition) is 1. The van der Waals surface area contributed by atoms with Crippen molar-refractivity contribution in [2.75, 3.05) is 14.2 Å². The van der Waals surface area contributed by atoms with E-state index in [1.54, 1.807) is 14.2 Å². The van der Waals surface area contributed by atoms with Gasteiger partial charge in [0.1, 0.15) is 11.5 Å². The minimum absolute atomic E-state index is 0.654. The molecule has 1 aliphatic rings. The summed E-state index contributed by atoms with van der Waals surface area (Å²) in [7, 11) is 3.38. The summed E-state index contributed by atoms with van der Waals surface area (Å²) in [5.74, 6) is 2.56. The molecule has 0 bridgehead atoms. The van der Waals surface area contributed by atoms with Crippen molar-refractivity contribution in [3.05, 3.63) is 23.8 Å². The standard InChI is InChI=1S/C16H25NO2/c1-12-5-4-6-14(7-12)17-11-13-8-15(18-2)10-16(9-13)19-3/h8-10,12,14,17H,4-7,11H2,1-3H3. The summed E-state index contributed by atoms with van der Waals surface area (Å²) in [5, 5.41) is 3.66. The van der Waals surface area contributed by atoms with Gasteiger partial charge in [0.25, 0.3) is 0 Å². The van der Waals surface area contributed by atoms with Gasteiger partial charge in [-0.05, 0) is 36.5 Å². The van der Waals surface area contributed by atoms with Gasteiger partial charge in [0.15, 0.2) is 0 Å². The normalized spacial score (nSPS) is 23.1. The fourth-order valence-electron chi connectivity index (χ4n) is 2.85. The number of hydrogen-bond acceptors (Lipinski definition) is 3. The van der Waals surface area contributed by atoms with Crippen molar-refractivity contribution in [3.63, 3.8) is 0 Å². The van der Waals surface area contributed by atoms with Crippen LogP contribution in [0.25, 0.3) is 0 Å². The number of benzene rings is 1. The number of nitrogens with one attached hydrogen (secondary N) is 1. The highest BCUT2D eigenvalue weighted by Crippen LogP contribution is 2.25. The van der Waals surface area contributed by atoms with Gasteiger partial charge >= 0.3 is 0 Å². The molecule has 1 saturated carbocycles. The van der Waals surface area contributed by atoms with Crippen LogP contribution in [0.2, 0.25) is 0 Å². The van der Waals surface area contributed by atoms with E-state index in [1.807, 2.05) is 6.07 Å². The largest absolute Gasteiger partial charge is 0.497 e. The van der Waals surface area contributed by atoms with Crippen molar-refractivity contribution < 1.29 is 9.47 Å². The average Bonchev–Trinajstić information content (AvgIpc) is 2.44. The van der Waals surface area contributed by atoms with Crippen LogP contribution < -0.4 is 14.8 Å². The van der Waals surface area contributed by atoms with Crippen LogP contribution in [0.5, 0.6) is 11.5 Å². The molecular formula is C16H25NO2. The maximum absolute atomic E-state index is 5.30. The number of ether oxygens (including phenoxy) is 2. The molecule has 0 amide bonds. The van der Waals surface area contributed by atoms with E-state index in [4.69, 9.17) is 9.47 Å². The molecule has 3 nitrogen and oxygen atoms in total. The van der Waals surface area contributed by atoms with E-state index < -0.39 is 0 Å². The van der Waals surface area contributed by atoms with E-state index in [9.17, 15) is 0 Å². The molecule has 2 atom stereocenters. The zero-order chi connectivity index (χ0) is 13.7. The topological polar surface area (TPSA) is 30.5 Å². The zero-order valence-corrected chi connectivity index (χ0v) is 12.2. The molecule has 19 heavy (non-hydrogen) atoms. The van der Waals surface area contributed by atoms with Gasteiger partial charge in [-0.25, -0.2) is 0 Å². The van der Waals surface area contributed by atoms with Crippen LogP contribution in [0.15, 0.2) is 18.2 Å². The third-order valence-electron chi connectivity index (χ3n) is 3.94. The molecule has 0 aromatic heterocycles. The highest BCUT2D eigenvalue weighted by atomic mass is 16.5. The van der Waals surface area contributed by atoms with Crippen LogP contribution in [0.1, 0.15) is 38.2 Å². The first-order chi connectivity index (χ1) is 9.21. The molecule has 1 aromatic rings. The zero-order valence-electron chi connectivity index (χ0n) is 12.2. The van der Waals surface area contributed by atoms with Gasteiger partial charge in [0.2, 0.25) is 0 Å². The summed E-state index contributed by atoms with van der Waals surface area (Å²) in [6.07, 6.45) is 5.32. The maximum Gasteiger partial charge on any atom is 0.122 e. The summed E-state index contributed by atoms with van der Waals surface area (Å²) in [6.45, 7) is 3.23. The molecule has 0 aliphatic heterocycles. The Morgan fingerprint density at radius 2 is 1.79 bits per heavy atom. The van der Waals surface area contributed by atoms with Crippen LogP contribution in [0.4, 0.5) is 0 Å². The van der Waals surface area contributed by atoms with Gasteiger partial charge in [-0.15, -0.1) is 0 Å². The molecule has 3 heteroatoms. The predicted octanol–water partition coefficient (Wildman–Crippen LogP) is 3.37. The quantitative estimate of drug-likeness (QED) is 0.883. The molecule has 1 N–H and O–H groups in total. The lowest BCUT2D eigenvalue weighted by Crippen LogP contribution is -2.33. The Hall–Kier alpha value is -1.22. The van der Waals surface area contributed by atoms with Gasteiger partial charge in [0, 0.05) is 18.7 Å². The van der Waals surface area contributed by atoms with Crippen LogP contribution in [-0.2, 0) is 6.54 Å². The third-order valence-corrected chi connectivity index (χ3v) is 3.94. The fraction of sp³-hybridized carbons (Fsp3) is 0.625. The van der Waals surface area contributed by atoms with E-state index >= 15 is 0 Å². The molecule has 0 spiro atoms. The second-order valence-electron chi connectivity index (χ2n) is 5.57. The maximum atomic E-state index is 5.30. The second kappa shape index (κ2) is 6.80. The Morgan fingerprint density at radius 1 is 1.11 bits per heavy atom. The predicted molar refractivity (Wildman–Crippen MR) is 77.8 cm³/mol. The third kappa shape index (κ3) is 4.13. The number of rotatable bonds is 5. The van der Waals surface area contributed by atoms with Gasteiger partial charge in [-0.3, -0.25) is 0 Å². The minimum atomic E-state index is 0.654. The van der Waals surface area contributed by atoms with Crippen LogP contribution in [-0.4, -0.2) is 20.3 Å². The summed E-state index contributed by atoms with van der Waals surface area (Å²) in [6, 6.07) is 6.70. The van der Waals surface area contributed by atoms with Crippen molar-refractivity contribution >= 4 is 0 Å². The molecule has 106 valence electrons. The summed E-state index contributed by atoms with van der Waals surface area (Å²) in [5.41, 5.74) is 1.22. The molecular weight excluding hydrogens is 238 g/mol. The molecule has 0 heterocycles. The van der Waals surface area contributed by atoms with Crippen molar-refractivity contribution in [1.29, 1.82) is 0 Å². The van der Waals surface area contributed by atoms with Gasteiger partial charge in [0.05, 0.1) is 14.2 Å². The molecule has 1 aromatic carbocycles. The van der Waals surface area contributed by atoms with E-state index in [-0.39, 0.29) is 0 Å². The SMILES string of the molecule is COc1cc(CNC2CCCC(C)C2)cc(OC)c1. The van der Waals surface area contributed by atoms with Gasteiger partial charge in [-0.2, -0.15) is 0 Å². The first kappa shape index (κ1) is 14.2. The second-order valence-corrected chi connectivity index (χ2v) is 5.57. The smallest absolute Gasteiger partial charge is 0.122 e. The van der Waals surface area contributed by atoms with E-state index in [0.717, 1.165) is 24.0 Å². The summed E-state index contributed by atoms with van der Waals surface area (Å²) >= 11 is 0. The molecule has 1 aliphatic carbocycles. The van der Waals surface area contributed by atoms with Crippen LogP contribution in [0.3, 0.4) is 0 Å². The molecule has 2 rings (SSSR count). The van der Waals surface area contributed by atoms with Crippen molar-refractivity contribution in [1.82, 2.24) is 5.32 Å². The first-order valence-corrected chi connectivity index (χ1v) is 7.16. The summed E-state index contributed by atoms with van der Waals surface area (Å²) < 4.78 is 10.6. The van der Waals surface area contributed by atoms with E-state index in [2.05, 4.69) is 24.4 Å². The Morgan fingerprint density at radius 3 is 2.37 bits per heavy atom. The van der Waals surface area contributed by atoms with Crippen molar-refractivity contribution in [3.8, 4) is 11.5 Å². The average molecular weight is 263 g/mol. The highest BCUT2D eigenvalue weighted by molar-refractivity contribution is 5.38. The lowest BCUT2D eigenvalue weighted by Gasteiger charge is -2.27. The minimum Gasteiger partial charge on any atom is -0.497 e. The Kier molecular flexibility index (Phi) is 5.08. The lowest BCUT2D eigenvalue weighted by atomic mass is 9.87. The Bertz CT molecular complexity index is 383. The van der Waals surface area contributed by atoms with Crippen LogP contribution >= 0.6 is 0 Å². The number of methoxy groups -OCH3 is 2.